The van der Waals surface area contributed by atoms with E-state index in [2.05, 4.69) is 24.4 Å². The molecule has 0 spiro atoms. The number of benzene rings is 2. The van der Waals surface area contributed by atoms with Gasteiger partial charge in [0.25, 0.3) is 0 Å². The first-order chi connectivity index (χ1) is 11.6. The van der Waals surface area contributed by atoms with Gasteiger partial charge in [0.2, 0.25) is 0 Å². The van der Waals surface area contributed by atoms with Crippen molar-refractivity contribution in [2.45, 2.75) is 27.0 Å². The van der Waals surface area contributed by atoms with Crippen molar-refractivity contribution in [3.05, 3.63) is 58.1 Å². The van der Waals surface area contributed by atoms with Crippen LogP contribution in [0.15, 0.2) is 36.4 Å². The van der Waals surface area contributed by atoms with Crippen LogP contribution in [0.3, 0.4) is 0 Å². The highest BCUT2D eigenvalue weighted by molar-refractivity contribution is 6.31. The Labute approximate surface area is 148 Å². The number of aliphatic hydroxyl groups is 1. The highest BCUT2D eigenvalue weighted by atomic mass is 35.5. The molecule has 0 unspecified atom stereocenters. The number of hydrogen-bond donors (Lipinski definition) is 2. The summed E-state index contributed by atoms with van der Waals surface area (Å²) in [5.74, 6) is 1.31. The van der Waals surface area contributed by atoms with Crippen LogP contribution in [0.1, 0.15) is 23.6 Å². The van der Waals surface area contributed by atoms with Gasteiger partial charge in [0, 0.05) is 24.2 Å². The predicted molar refractivity (Wildman–Crippen MR) is 96.9 cm³/mol. The summed E-state index contributed by atoms with van der Waals surface area (Å²) in [6.07, 6.45) is 0. The lowest BCUT2D eigenvalue weighted by Crippen LogP contribution is -2.17. The van der Waals surface area contributed by atoms with Gasteiger partial charge < -0.3 is 19.9 Å². The van der Waals surface area contributed by atoms with Crippen LogP contribution >= 0.6 is 11.6 Å². The van der Waals surface area contributed by atoms with Gasteiger partial charge >= 0.3 is 0 Å². The molecule has 2 aromatic rings. The minimum absolute atomic E-state index is 0.0910. The highest BCUT2D eigenvalue weighted by Crippen LogP contribution is 2.34. The fraction of sp³-hybridized carbons (Fsp3) is 0.368. The van der Waals surface area contributed by atoms with Gasteiger partial charge in [-0.1, -0.05) is 41.4 Å². The summed E-state index contributed by atoms with van der Waals surface area (Å²) in [7, 11) is 0. The molecular formula is C19H24ClNO3. The second-order valence-corrected chi connectivity index (χ2v) is 5.91. The zero-order chi connectivity index (χ0) is 17.4. The maximum Gasteiger partial charge on any atom is 0.163 e. The van der Waals surface area contributed by atoms with E-state index in [9.17, 15) is 0 Å². The number of hydrogen-bond acceptors (Lipinski definition) is 4. The molecule has 2 rings (SSSR count). The lowest BCUT2D eigenvalue weighted by molar-refractivity contribution is 0.269. The minimum Gasteiger partial charge on any atom is -0.490 e. The summed E-state index contributed by atoms with van der Waals surface area (Å²) in [4.78, 5) is 0. The van der Waals surface area contributed by atoms with Gasteiger partial charge in [-0.3, -0.25) is 0 Å². The van der Waals surface area contributed by atoms with Crippen LogP contribution in [0.5, 0.6) is 11.5 Å². The average molecular weight is 350 g/mol. The third kappa shape index (κ3) is 5.41. The van der Waals surface area contributed by atoms with Crippen molar-refractivity contribution in [3.8, 4) is 11.5 Å². The number of rotatable bonds is 9. The molecule has 0 aliphatic carbocycles. The summed E-state index contributed by atoms with van der Waals surface area (Å²) in [6, 6.07) is 11.9. The third-order valence-corrected chi connectivity index (χ3v) is 3.88. The molecule has 0 fully saturated rings. The summed E-state index contributed by atoms with van der Waals surface area (Å²) in [5.41, 5.74) is 3.22. The largest absolute Gasteiger partial charge is 0.490 e. The van der Waals surface area contributed by atoms with Gasteiger partial charge in [0.1, 0.15) is 6.61 Å². The van der Waals surface area contributed by atoms with E-state index in [0.717, 1.165) is 11.1 Å². The van der Waals surface area contributed by atoms with E-state index in [0.29, 0.717) is 42.8 Å². The van der Waals surface area contributed by atoms with Crippen molar-refractivity contribution < 1.29 is 14.6 Å². The molecule has 0 aliphatic rings. The third-order valence-electron chi connectivity index (χ3n) is 3.53. The first-order valence-corrected chi connectivity index (χ1v) is 8.47. The van der Waals surface area contributed by atoms with E-state index in [-0.39, 0.29) is 6.61 Å². The van der Waals surface area contributed by atoms with E-state index in [1.165, 1.54) is 5.56 Å². The Morgan fingerprint density at radius 1 is 1.08 bits per heavy atom. The molecule has 0 heterocycles. The van der Waals surface area contributed by atoms with Gasteiger partial charge in [-0.15, -0.1) is 0 Å². The molecule has 0 aliphatic heterocycles. The second-order valence-electron chi connectivity index (χ2n) is 5.50. The van der Waals surface area contributed by atoms with E-state index < -0.39 is 0 Å². The summed E-state index contributed by atoms with van der Waals surface area (Å²) in [5, 5.41) is 12.6. The quantitative estimate of drug-likeness (QED) is 0.678. The maximum atomic E-state index is 8.85. The topological polar surface area (TPSA) is 50.7 Å². The Balaban J connectivity index is 2.12. The Morgan fingerprint density at radius 3 is 2.46 bits per heavy atom. The normalized spacial score (nSPS) is 10.7. The molecular weight excluding hydrogens is 326 g/mol. The number of aryl methyl sites for hydroxylation is 1. The molecule has 0 aromatic heterocycles. The average Bonchev–Trinajstić information content (AvgIpc) is 2.58. The Kier molecular flexibility index (Phi) is 7.37. The van der Waals surface area contributed by atoms with Crippen LogP contribution in [-0.2, 0) is 13.2 Å². The van der Waals surface area contributed by atoms with Gasteiger partial charge in [-0.25, -0.2) is 0 Å². The minimum atomic E-state index is 0.0910. The molecule has 0 bridgehead atoms. The number of aliphatic hydroxyl groups excluding tert-OH is 1. The monoisotopic (exact) mass is 349 g/mol. The van der Waals surface area contributed by atoms with Crippen LogP contribution in [0.2, 0.25) is 5.02 Å². The molecule has 5 heteroatoms. The van der Waals surface area contributed by atoms with Gasteiger partial charge in [-0.2, -0.15) is 0 Å². The molecule has 0 amide bonds. The summed E-state index contributed by atoms with van der Waals surface area (Å²) >= 11 is 6.34. The van der Waals surface area contributed by atoms with Crippen LogP contribution in [-0.4, -0.2) is 24.9 Å². The standard InChI is InChI=1S/C19H24ClNO3/c1-3-23-18-10-16(12-21-8-9-22)17(20)11-19(18)24-13-15-6-4-14(2)5-7-15/h4-7,10-11,21-22H,3,8-9,12-13H2,1-2H3. The van der Waals surface area contributed by atoms with Crippen molar-refractivity contribution in [1.29, 1.82) is 0 Å². The van der Waals surface area contributed by atoms with Crippen LogP contribution < -0.4 is 14.8 Å². The fourth-order valence-electron chi connectivity index (χ4n) is 2.24. The first-order valence-electron chi connectivity index (χ1n) is 8.09. The Morgan fingerprint density at radius 2 is 1.79 bits per heavy atom. The van der Waals surface area contributed by atoms with Crippen molar-refractivity contribution in [2.24, 2.45) is 0 Å². The van der Waals surface area contributed by atoms with E-state index in [1.807, 2.05) is 25.1 Å². The van der Waals surface area contributed by atoms with E-state index >= 15 is 0 Å². The van der Waals surface area contributed by atoms with E-state index in [1.54, 1.807) is 6.07 Å². The molecule has 2 aromatic carbocycles. The van der Waals surface area contributed by atoms with Crippen molar-refractivity contribution in [2.75, 3.05) is 19.8 Å². The zero-order valence-corrected chi connectivity index (χ0v) is 14.9. The lowest BCUT2D eigenvalue weighted by atomic mass is 10.1. The molecule has 0 atom stereocenters. The van der Waals surface area contributed by atoms with Crippen molar-refractivity contribution in [1.82, 2.24) is 5.32 Å². The van der Waals surface area contributed by atoms with Crippen LogP contribution in [0.25, 0.3) is 0 Å². The first kappa shape index (κ1) is 18.6. The lowest BCUT2D eigenvalue weighted by Gasteiger charge is -2.15. The van der Waals surface area contributed by atoms with Gasteiger partial charge in [-0.05, 0) is 31.0 Å². The molecule has 0 saturated heterocycles. The Hall–Kier alpha value is -1.75. The number of ether oxygens (including phenoxy) is 2. The smallest absolute Gasteiger partial charge is 0.163 e. The fourth-order valence-corrected chi connectivity index (χ4v) is 2.46. The van der Waals surface area contributed by atoms with Gasteiger partial charge in [0.05, 0.1) is 13.2 Å². The van der Waals surface area contributed by atoms with Crippen LogP contribution in [0, 0.1) is 6.92 Å². The second kappa shape index (κ2) is 9.52. The van der Waals surface area contributed by atoms with Gasteiger partial charge in [0.15, 0.2) is 11.5 Å². The summed E-state index contributed by atoms with van der Waals surface area (Å²) in [6.45, 7) is 6.17. The molecule has 0 radical (unpaired) electrons. The van der Waals surface area contributed by atoms with Crippen molar-refractivity contribution in [3.63, 3.8) is 0 Å². The zero-order valence-electron chi connectivity index (χ0n) is 14.1. The molecule has 2 N–H and O–H groups in total. The highest BCUT2D eigenvalue weighted by Gasteiger charge is 2.11. The SMILES string of the molecule is CCOc1cc(CNCCO)c(Cl)cc1OCc1ccc(C)cc1. The number of nitrogens with one attached hydrogen (secondary N) is 1. The van der Waals surface area contributed by atoms with Crippen LogP contribution in [0.4, 0.5) is 0 Å². The molecule has 4 nitrogen and oxygen atoms in total. The summed E-state index contributed by atoms with van der Waals surface area (Å²) < 4.78 is 11.6. The Bertz CT molecular complexity index is 644. The van der Waals surface area contributed by atoms with E-state index in [4.69, 9.17) is 26.2 Å². The number of halogens is 1. The molecule has 24 heavy (non-hydrogen) atoms. The predicted octanol–water partition coefficient (Wildman–Crippen LogP) is 3.71. The van der Waals surface area contributed by atoms with Crippen molar-refractivity contribution >= 4 is 11.6 Å². The maximum absolute atomic E-state index is 8.85. The molecule has 0 saturated carbocycles. The molecule has 130 valence electrons.